The lowest BCUT2D eigenvalue weighted by molar-refractivity contribution is -0.152. The van der Waals surface area contributed by atoms with Crippen LogP contribution in [0.2, 0.25) is 0 Å². The molecule has 3 heterocycles. The quantitative estimate of drug-likeness (QED) is 0.624. The fraction of sp³-hybridized carbons (Fsp3) is 0.476. The van der Waals surface area contributed by atoms with Crippen LogP contribution in [0, 0.1) is 0 Å². The predicted octanol–water partition coefficient (Wildman–Crippen LogP) is 2.71. The molecule has 31 heavy (non-hydrogen) atoms. The highest BCUT2D eigenvalue weighted by Gasteiger charge is 2.36. The minimum Gasteiger partial charge on any atom is -0.484 e. The van der Waals surface area contributed by atoms with E-state index in [0.29, 0.717) is 31.2 Å². The molecule has 4 rings (SSSR count). The van der Waals surface area contributed by atoms with Crippen LogP contribution in [0.15, 0.2) is 46.0 Å². The summed E-state index contributed by atoms with van der Waals surface area (Å²) in [7, 11) is -2.08. The van der Waals surface area contributed by atoms with Gasteiger partial charge in [0.05, 0.1) is 24.9 Å². The van der Waals surface area contributed by atoms with Crippen molar-refractivity contribution in [1.82, 2.24) is 4.90 Å². The Labute approximate surface area is 186 Å². The second kappa shape index (κ2) is 9.56. The number of benzene rings is 1. The molecule has 8 nitrogen and oxygen atoms in total. The predicted molar refractivity (Wildman–Crippen MR) is 117 cm³/mol. The van der Waals surface area contributed by atoms with E-state index >= 15 is 0 Å². The number of hydrogen-bond acceptors (Lipinski definition) is 7. The molecule has 10 heteroatoms. The fourth-order valence-electron chi connectivity index (χ4n) is 3.81. The number of amides is 1. The summed E-state index contributed by atoms with van der Waals surface area (Å²) in [6, 6.07) is 9.86. The third-order valence-electron chi connectivity index (χ3n) is 5.50. The Morgan fingerprint density at radius 2 is 1.94 bits per heavy atom. The van der Waals surface area contributed by atoms with Crippen LogP contribution in [0.4, 0.5) is 5.69 Å². The SMILES string of the molecule is CN(c1ccc(OCC(=O)N2CCCC[C@@H]2C2OCCO2)cc1)S(=O)(=O)c1cccs1. The van der Waals surface area contributed by atoms with Crippen LogP contribution in [-0.2, 0) is 24.3 Å². The summed E-state index contributed by atoms with van der Waals surface area (Å²) in [6.07, 6.45) is 2.50. The van der Waals surface area contributed by atoms with E-state index in [1.54, 1.807) is 46.7 Å². The molecule has 0 bridgehead atoms. The molecule has 0 radical (unpaired) electrons. The zero-order valence-electron chi connectivity index (χ0n) is 17.3. The fourth-order valence-corrected chi connectivity index (χ4v) is 6.17. The minimum absolute atomic E-state index is 0.0779. The number of carbonyl (C=O) groups is 1. The summed E-state index contributed by atoms with van der Waals surface area (Å²) in [5.74, 6) is 0.395. The monoisotopic (exact) mass is 466 g/mol. The third kappa shape index (κ3) is 4.87. The molecule has 1 amide bonds. The molecular weight excluding hydrogens is 440 g/mol. The molecule has 2 aliphatic heterocycles. The van der Waals surface area contributed by atoms with Gasteiger partial charge in [0.15, 0.2) is 12.9 Å². The summed E-state index contributed by atoms with van der Waals surface area (Å²) < 4.78 is 43.7. The van der Waals surface area contributed by atoms with Gasteiger partial charge in [-0.15, -0.1) is 11.3 Å². The molecule has 1 atom stereocenters. The van der Waals surface area contributed by atoms with Crippen molar-refractivity contribution in [2.45, 2.75) is 35.8 Å². The number of thiophene rings is 1. The number of rotatable bonds is 7. The van der Waals surface area contributed by atoms with Crippen molar-refractivity contribution in [3.63, 3.8) is 0 Å². The zero-order valence-corrected chi connectivity index (χ0v) is 18.9. The van der Waals surface area contributed by atoms with Crippen LogP contribution in [0.3, 0.4) is 0 Å². The molecular formula is C21H26N2O6S2. The van der Waals surface area contributed by atoms with Crippen molar-refractivity contribution in [3.05, 3.63) is 41.8 Å². The molecule has 2 saturated heterocycles. The Morgan fingerprint density at radius 3 is 2.61 bits per heavy atom. The van der Waals surface area contributed by atoms with Gasteiger partial charge in [0.1, 0.15) is 9.96 Å². The lowest BCUT2D eigenvalue weighted by Crippen LogP contribution is -2.51. The van der Waals surface area contributed by atoms with Gasteiger partial charge < -0.3 is 19.1 Å². The highest BCUT2D eigenvalue weighted by molar-refractivity contribution is 7.94. The molecule has 1 aromatic carbocycles. The van der Waals surface area contributed by atoms with Crippen molar-refractivity contribution >= 4 is 33.0 Å². The zero-order chi connectivity index (χ0) is 21.8. The number of piperidine rings is 1. The highest BCUT2D eigenvalue weighted by Crippen LogP contribution is 2.27. The van der Waals surface area contributed by atoms with Gasteiger partial charge in [0, 0.05) is 13.6 Å². The average molecular weight is 467 g/mol. The van der Waals surface area contributed by atoms with Crippen LogP contribution in [0.1, 0.15) is 19.3 Å². The first-order chi connectivity index (χ1) is 15.0. The Hall–Kier alpha value is -2.14. The molecule has 168 valence electrons. The maximum Gasteiger partial charge on any atom is 0.273 e. The molecule has 0 aliphatic carbocycles. The number of ether oxygens (including phenoxy) is 3. The molecule has 0 spiro atoms. The first-order valence-electron chi connectivity index (χ1n) is 10.2. The van der Waals surface area contributed by atoms with Gasteiger partial charge in [0.25, 0.3) is 15.9 Å². The standard InChI is InChI=1S/C21H26N2O6S2/c1-22(31(25,26)20-6-4-14-30-20)16-7-9-17(10-8-16)29-15-19(24)23-11-3-2-5-18(23)21-27-12-13-28-21/h4,6-10,14,18,21H,2-3,5,11-13,15H2,1H3/t18-/m1/s1. The van der Waals surface area contributed by atoms with Crippen LogP contribution in [0.5, 0.6) is 5.75 Å². The van der Waals surface area contributed by atoms with Gasteiger partial charge in [-0.3, -0.25) is 9.10 Å². The van der Waals surface area contributed by atoms with Crippen LogP contribution >= 0.6 is 11.3 Å². The van der Waals surface area contributed by atoms with Gasteiger partial charge in [-0.25, -0.2) is 8.42 Å². The summed E-state index contributed by atoms with van der Waals surface area (Å²) in [5, 5.41) is 1.73. The van der Waals surface area contributed by atoms with Crippen molar-refractivity contribution in [1.29, 1.82) is 0 Å². The summed E-state index contributed by atoms with van der Waals surface area (Å²) in [4.78, 5) is 14.6. The van der Waals surface area contributed by atoms with E-state index in [2.05, 4.69) is 0 Å². The van der Waals surface area contributed by atoms with Crippen LogP contribution < -0.4 is 9.04 Å². The lowest BCUT2D eigenvalue weighted by atomic mass is 10.0. The first-order valence-corrected chi connectivity index (χ1v) is 12.6. The minimum atomic E-state index is -3.59. The second-order valence-corrected chi connectivity index (χ2v) is 10.6. The topological polar surface area (TPSA) is 85.4 Å². The Bertz CT molecular complexity index is 972. The van der Waals surface area contributed by atoms with Crippen LogP contribution in [-0.4, -0.2) is 65.0 Å². The number of nitrogens with zero attached hydrogens (tertiary/aromatic N) is 2. The molecule has 0 N–H and O–H groups in total. The summed E-state index contributed by atoms with van der Waals surface area (Å²) in [6.45, 7) is 1.69. The Balaban J connectivity index is 1.36. The summed E-state index contributed by atoms with van der Waals surface area (Å²) >= 11 is 1.18. The Morgan fingerprint density at radius 1 is 1.19 bits per heavy atom. The van der Waals surface area contributed by atoms with Crippen molar-refractivity contribution in [2.24, 2.45) is 0 Å². The molecule has 2 aliphatic rings. The van der Waals surface area contributed by atoms with E-state index < -0.39 is 10.0 Å². The maximum absolute atomic E-state index is 12.8. The first kappa shape index (κ1) is 22.1. The van der Waals surface area contributed by atoms with E-state index in [-0.39, 0.29) is 29.1 Å². The van der Waals surface area contributed by atoms with Gasteiger partial charge in [0.2, 0.25) is 0 Å². The number of hydrogen-bond donors (Lipinski definition) is 0. The van der Waals surface area contributed by atoms with Crippen molar-refractivity contribution in [3.8, 4) is 5.75 Å². The second-order valence-electron chi connectivity index (χ2n) is 7.45. The Kier molecular flexibility index (Phi) is 6.80. The van der Waals surface area contributed by atoms with E-state index in [1.807, 2.05) is 0 Å². The van der Waals surface area contributed by atoms with Gasteiger partial charge in [-0.05, 0) is 55.0 Å². The molecule has 0 unspecified atom stereocenters. The van der Waals surface area contributed by atoms with Gasteiger partial charge in [-0.1, -0.05) is 6.07 Å². The van der Waals surface area contributed by atoms with Gasteiger partial charge >= 0.3 is 0 Å². The molecule has 0 saturated carbocycles. The number of carbonyl (C=O) groups excluding carboxylic acids is 1. The number of sulfonamides is 1. The van der Waals surface area contributed by atoms with Crippen molar-refractivity contribution in [2.75, 3.05) is 37.7 Å². The van der Waals surface area contributed by atoms with E-state index in [0.717, 1.165) is 19.3 Å². The normalized spacial score (nSPS) is 20.0. The van der Waals surface area contributed by atoms with Gasteiger partial charge in [-0.2, -0.15) is 0 Å². The molecule has 2 aromatic rings. The van der Waals surface area contributed by atoms with E-state index in [1.165, 1.54) is 22.7 Å². The van der Waals surface area contributed by atoms with E-state index in [9.17, 15) is 13.2 Å². The highest BCUT2D eigenvalue weighted by atomic mass is 32.2. The van der Waals surface area contributed by atoms with E-state index in [4.69, 9.17) is 14.2 Å². The molecule has 2 fully saturated rings. The number of anilines is 1. The van der Waals surface area contributed by atoms with Crippen LogP contribution in [0.25, 0.3) is 0 Å². The van der Waals surface area contributed by atoms with Crippen molar-refractivity contribution < 1.29 is 27.4 Å². The largest absolute Gasteiger partial charge is 0.484 e. The number of likely N-dealkylation sites (tertiary alicyclic amines) is 1. The smallest absolute Gasteiger partial charge is 0.273 e. The summed E-state index contributed by atoms with van der Waals surface area (Å²) in [5.41, 5.74) is 0.513. The maximum atomic E-state index is 12.8. The molecule has 1 aromatic heterocycles. The average Bonchev–Trinajstić information content (AvgIpc) is 3.52. The third-order valence-corrected chi connectivity index (χ3v) is 8.66. The lowest BCUT2D eigenvalue weighted by Gasteiger charge is -2.37.